The number of nitrogens with zero attached hydrogens (tertiary/aromatic N) is 3. The first-order chi connectivity index (χ1) is 11.6. The zero-order chi connectivity index (χ0) is 16.9. The van der Waals surface area contributed by atoms with Crippen molar-refractivity contribution in [3.8, 4) is 0 Å². The van der Waals surface area contributed by atoms with E-state index in [4.69, 9.17) is 4.74 Å². The number of hydrogen-bond donors (Lipinski definition) is 2. The van der Waals surface area contributed by atoms with Crippen molar-refractivity contribution < 1.29 is 9.53 Å². The SMILES string of the molecule is Cc1cnc(C(C)NC(=O)Nc2ccc(N3CCOCC3)nc2)s1. The van der Waals surface area contributed by atoms with Crippen LogP contribution < -0.4 is 15.5 Å². The summed E-state index contributed by atoms with van der Waals surface area (Å²) in [6, 6.07) is 3.37. The van der Waals surface area contributed by atoms with Gasteiger partial charge < -0.3 is 20.3 Å². The number of rotatable bonds is 4. The molecule has 8 heteroatoms. The minimum Gasteiger partial charge on any atom is -0.378 e. The molecule has 2 amide bonds. The molecule has 1 aliphatic rings. The van der Waals surface area contributed by atoms with Gasteiger partial charge in [-0.05, 0) is 26.0 Å². The molecule has 0 spiro atoms. The topological polar surface area (TPSA) is 79.4 Å². The standard InChI is InChI=1S/C16H21N5O2S/c1-11-9-18-15(24-11)12(2)19-16(22)20-13-3-4-14(17-10-13)21-5-7-23-8-6-21/h3-4,9-10,12H,5-8H2,1-2H3,(H2,19,20,22). The molecule has 128 valence electrons. The van der Waals surface area contributed by atoms with Crippen LogP contribution in [0.25, 0.3) is 0 Å². The number of ether oxygens (including phenoxy) is 1. The van der Waals surface area contributed by atoms with E-state index in [9.17, 15) is 4.79 Å². The van der Waals surface area contributed by atoms with Gasteiger partial charge in [0.05, 0.1) is 31.1 Å². The second-order valence-electron chi connectivity index (χ2n) is 5.63. The molecule has 1 saturated heterocycles. The number of carbonyl (C=O) groups is 1. The van der Waals surface area contributed by atoms with Gasteiger partial charge in [-0.25, -0.2) is 14.8 Å². The number of pyridine rings is 1. The molecule has 0 radical (unpaired) electrons. The first-order valence-corrected chi connectivity index (χ1v) is 8.72. The second kappa shape index (κ2) is 7.59. The monoisotopic (exact) mass is 347 g/mol. The molecule has 24 heavy (non-hydrogen) atoms. The van der Waals surface area contributed by atoms with Gasteiger partial charge in [0, 0.05) is 24.2 Å². The summed E-state index contributed by atoms with van der Waals surface area (Å²) in [5, 5.41) is 6.57. The van der Waals surface area contributed by atoms with E-state index >= 15 is 0 Å². The van der Waals surface area contributed by atoms with E-state index in [2.05, 4.69) is 25.5 Å². The summed E-state index contributed by atoms with van der Waals surface area (Å²) in [7, 11) is 0. The minimum atomic E-state index is -0.267. The van der Waals surface area contributed by atoms with Gasteiger partial charge in [-0.1, -0.05) is 0 Å². The number of nitrogens with one attached hydrogen (secondary N) is 2. The number of thiazole rings is 1. The highest BCUT2D eigenvalue weighted by atomic mass is 32.1. The van der Waals surface area contributed by atoms with Crippen LogP contribution in [0, 0.1) is 6.92 Å². The highest BCUT2D eigenvalue weighted by Gasteiger charge is 2.14. The third-order valence-electron chi connectivity index (χ3n) is 3.70. The summed E-state index contributed by atoms with van der Waals surface area (Å²) < 4.78 is 5.33. The zero-order valence-corrected chi connectivity index (χ0v) is 14.6. The van der Waals surface area contributed by atoms with Crippen LogP contribution in [-0.4, -0.2) is 42.3 Å². The Morgan fingerprint density at radius 3 is 2.71 bits per heavy atom. The van der Waals surface area contributed by atoms with Crippen molar-refractivity contribution in [3.63, 3.8) is 0 Å². The molecule has 0 saturated carbocycles. The number of hydrogen-bond acceptors (Lipinski definition) is 6. The van der Waals surface area contributed by atoms with E-state index in [1.54, 1.807) is 17.5 Å². The van der Waals surface area contributed by atoms with Gasteiger partial charge in [-0.3, -0.25) is 0 Å². The third kappa shape index (κ3) is 4.21. The number of urea groups is 1. The van der Waals surface area contributed by atoms with Gasteiger partial charge >= 0.3 is 6.03 Å². The predicted octanol–water partition coefficient (Wildman–Crippen LogP) is 2.57. The Balaban J connectivity index is 1.54. The maximum absolute atomic E-state index is 12.1. The molecule has 0 aliphatic carbocycles. The number of aromatic nitrogens is 2. The quantitative estimate of drug-likeness (QED) is 0.889. The van der Waals surface area contributed by atoms with Crippen LogP contribution >= 0.6 is 11.3 Å². The van der Waals surface area contributed by atoms with E-state index in [1.807, 2.05) is 32.2 Å². The van der Waals surface area contributed by atoms with Crippen LogP contribution in [0.15, 0.2) is 24.5 Å². The van der Waals surface area contributed by atoms with Gasteiger partial charge in [-0.2, -0.15) is 0 Å². The van der Waals surface area contributed by atoms with Crippen LogP contribution in [0.2, 0.25) is 0 Å². The first-order valence-electron chi connectivity index (χ1n) is 7.90. The lowest BCUT2D eigenvalue weighted by atomic mass is 10.3. The predicted molar refractivity (Wildman–Crippen MR) is 94.7 cm³/mol. The van der Waals surface area contributed by atoms with Crippen molar-refractivity contribution in [2.45, 2.75) is 19.9 Å². The summed E-state index contributed by atoms with van der Waals surface area (Å²) in [5.74, 6) is 0.899. The Morgan fingerprint density at radius 2 is 2.08 bits per heavy atom. The highest BCUT2D eigenvalue weighted by Crippen LogP contribution is 2.19. The Morgan fingerprint density at radius 1 is 1.29 bits per heavy atom. The van der Waals surface area contributed by atoms with Gasteiger partial charge in [0.15, 0.2) is 0 Å². The van der Waals surface area contributed by atoms with E-state index in [-0.39, 0.29) is 12.1 Å². The van der Waals surface area contributed by atoms with Gasteiger partial charge in [0.2, 0.25) is 0 Å². The molecule has 7 nitrogen and oxygen atoms in total. The van der Waals surface area contributed by atoms with Crippen molar-refractivity contribution in [2.75, 3.05) is 36.5 Å². The molecular formula is C16H21N5O2S. The molecule has 0 aromatic carbocycles. The lowest BCUT2D eigenvalue weighted by molar-refractivity contribution is 0.122. The van der Waals surface area contributed by atoms with Gasteiger partial charge in [0.25, 0.3) is 0 Å². The average molecular weight is 347 g/mol. The highest BCUT2D eigenvalue weighted by molar-refractivity contribution is 7.11. The Kier molecular flexibility index (Phi) is 5.27. The van der Waals surface area contributed by atoms with Crippen LogP contribution in [-0.2, 0) is 4.74 Å². The number of carbonyl (C=O) groups excluding carboxylic acids is 1. The maximum Gasteiger partial charge on any atom is 0.319 e. The van der Waals surface area contributed by atoms with Crippen LogP contribution in [0.4, 0.5) is 16.3 Å². The lowest BCUT2D eigenvalue weighted by Gasteiger charge is -2.27. The zero-order valence-electron chi connectivity index (χ0n) is 13.8. The first kappa shape index (κ1) is 16.7. The van der Waals surface area contributed by atoms with Crippen LogP contribution in [0.5, 0.6) is 0 Å². The maximum atomic E-state index is 12.1. The molecule has 1 fully saturated rings. The number of aryl methyl sites for hydroxylation is 1. The van der Waals surface area contributed by atoms with E-state index in [1.165, 1.54) is 0 Å². The molecule has 1 atom stereocenters. The van der Waals surface area contributed by atoms with E-state index in [0.717, 1.165) is 42.0 Å². The number of anilines is 2. The fraction of sp³-hybridized carbons (Fsp3) is 0.438. The fourth-order valence-electron chi connectivity index (χ4n) is 2.44. The Bertz CT molecular complexity index is 682. The molecule has 0 bridgehead atoms. The summed E-state index contributed by atoms with van der Waals surface area (Å²) in [6.45, 7) is 7.03. The van der Waals surface area contributed by atoms with Crippen molar-refractivity contribution >= 4 is 28.9 Å². The molecule has 2 aromatic rings. The average Bonchev–Trinajstić information content (AvgIpc) is 3.03. The largest absolute Gasteiger partial charge is 0.378 e. The number of amides is 2. The molecular weight excluding hydrogens is 326 g/mol. The van der Waals surface area contributed by atoms with Crippen LogP contribution in [0.3, 0.4) is 0 Å². The van der Waals surface area contributed by atoms with Crippen LogP contribution in [0.1, 0.15) is 22.9 Å². The molecule has 2 aromatic heterocycles. The van der Waals surface area contributed by atoms with Crippen molar-refractivity contribution in [2.24, 2.45) is 0 Å². The summed E-state index contributed by atoms with van der Waals surface area (Å²) in [6.07, 6.45) is 3.48. The van der Waals surface area contributed by atoms with Gasteiger partial charge in [0.1, 0.15) is 10.8 Å². The lowest BCUT2D eigenvalue weighted by Crippen LogP contribution is -2.36. The molecule has 1 unspecified atom stereocenters. The molecule has 1 aliphatic heterocycles. The summed E-state index contributed by atoms with van der Waals surface area (Å²) >= 11 is 1.58. The molecule has 3 rings (SSSR count). The summed E-state index contributed by atoms with van der Waals surface area (Å²) in [4.78, 5) is 24.1. The van der Waals surface area contributed by atoms with E-state index in [0.29, 0.717) is 5.69 Å². The molecule has 3 heterocycles. The molecule has 2 N–H and O–H groups in total. The number of morpholine rings is 1. The Hall–Kier alpha value is -2.19. The summed E-state index contributed by atoms with van der Waals surface area (Å²) in [5.41, 5.74) is 0.659. The van der Waals surface area contributed by atoms with Crippen molar-refractivity contribution in [1.29, 1.82) is 0 Å². The fourth-order valence-corrected chi connectivity index (χ4v) is 3.21. The second-order valence-corrected chi connectivity index (χ2v) is 6.90. The van der Waals surface area contributed by atoms with Crippen molar-refractivity contribution in [3.05, 3.63) is 34.4 Å². The van der Waals surface area contributed by atoms with Crippen molar-refractivity contribution in [1.82, 2.24) is 15.3 Å². The Labute approximate surface area is 145 Å². The van der Waals surface area contributed by atoms with Gasteiger partial charge in [-0.15, -0.1) is 11.3 Å². The normalized spacial score (nSPS) is 15.8. The van der Waals surface area contributed by atoms with E-state index < -0.39 is 0 Å². The third-order valence-corrected chi connectivity index (χ3v) is 4.79. The smallest absolute Gasteiger partial charge is 0.319 e. The minimum absolute atomic E-state index is 0.135.